The number of carbonyl (C=O) groups excluding carboxylic acids is 1. The first-order chi connectivity index (χ1) is 8.61. The number of pyridine rings is 1. The summed E-state index contributed by atoms with van der Waals surface area (Å²) in [5.74, 6) is -0.680. The zero-order chi connectivity index (χ0) is 13.1. The first-order valence-corrected chi connectivity index (χ1v) is 5.98. The Balaban J connectivity index is 2.35. The average Bonchev–Trinajstić information content (AvgIpc) is 2.38. The van der Waals surface area contributed by atoms with Crippen molar-refractivity contribution in [3.63, 3.8) is 0 Å². The van der Waals surface area contributed by atoms with Gasteiger partial charge in [-0.3, -0.25) is 4.79 Å². The van der Waals surface area contributed by atoms with Crippen LogP contribution >= 0.6 is 0 Å². The fourth-order valence-corrected chi connectivity index (χ4v) is 1.64. The molecule has 0 fully saturated rings. The van der Waals surface area contributed by atoms with Crippen molar-refractivity contribution >= 4 is 16.8 Å². The fraction of sp³-hybridized carbons (Fsp3) is 0.286. The highest BCUT2D eigenvalue weighted by molar-refractivity contribution is 5.95. The summed E-state index contributed by atoms with van der Waals surface area (Å²) in [4.78, 5) is 15.9. The Bertz CT molecular complexity index is 583. The van der Waals surface area contributed by atoms with Gasteiger partial charge in [-0.25, -0.2) is 9.37 Å². The van der Waals surface area contributed by atoms with Gasteiger partial charge >= 0.3 is 0 Å². The van der Waals surface area contributed by atoms with Crippen molar-refractivity contribution in [3.05, 3.63) is 41.8 Å². The summed E-state index contributed by atoms with van der Waals surface area (Å²) >= 11 is 0. The molecule has 1 heterocycles. The quantitative estimate of drug-likeness (QED) is 0.904. The third-order valence-corrected chi connectivity index (χ3v) is 2.89. The van der Waals surface area contributed by atoms with Crippen LogP contribution in [0.3, 0.4) is 0 Å². The molecule has 2 aromatic rings. The molecule has 18 heavy (non-hydrogen) atoms. The summed E-state index contributed by atoms with van der Waals surface area (Å²) in [5.41, 5.74) is 0.474. The fourth-order valence-electron chi connectivity index (χ4n) is 1.64. The molecule has 1 unspecified atom stereocenters. The lowest BCUT2D eigenvalue weighted by Crippen LogP contribution is -2.32. The Labute approximate surface area is 105 Å². The van der Waals surface area contributed by atoms with E-state index in [4.69, 9.17) is 0 Å². The monoisotopic (exact) mass is 246 g/mol. The van der Waals surface area contributed by atoms with Gasteiger partial charge in [0, 0.05) is 11.4 Å². The maximum Gasteiger partial charge on any atom is 0.270 e. The van der Waals surface area contributed by atoms with Crippen LogP contribution in [0.1, 0.15) is 30.8 Å². The molecule has 0 spiro atoms. The molecule has 94 valence electrons. The number of nitrogens with one attached hydrogen (secondary N) is 1. The second-order valence-corrected chi connectivity index (χ2v) is 4.29. The van der Waals surface area contributed by atoms with Crippen LogP contribution in [0, 0.1) is 5.82 Å². The standard InChI is InChI=1S/C14H15FN2O/c1-3-9(2)16-14(18)12-8-7-10-5-4-6-11(15)13(10)17-12/h4-9H,3H2,1-2H3,(H,16,18). The highest BCUT2D eigenvalue weighted by atomic mass is 19.1. The summed E-state index contributed by atoms with van der Waals surface area (Å²) in [5, 5.41) is 3.50. The van der Waals surface area contributed by atoms with Gasteiger partial charge in [0.15, 0.2) is 0 Å². The molecule has 3 nitrogen and oxygen atoms in total. The Morgan fingerprint density at radius 2 is 2.17 bits per heavy atom. The molecule has 0 bridgehead atoms. The van der Waals surface area contributed by atoms with E-state index in [-0.39, 0.29) is 23.2 Å². The number of halogens is 1. The van der Waals surface area contributed by atoms with Crippen molar-refractivity contribution < 1.29 is 9.18 Å². The molecule has 1 atom stereocenters. The summed E-state index contributed by atoms with van der Waals surface area (Å²) in [6, 6.07) is 8.12. The van der Waals surface area contributed by atoms with Gasteiger partial charge in [0.1, 0.15) is 17.0 Å². The third kappa shape index (κ3) is 2.47. The zero-order valence-electron chi connectivity index (χ0n) is 10.4. The second-order valence-electron chi connectivity index (χ2n) is 4.29. The highest BCUT2D eigenvalue weighted by Gasteiger charge is 2.11. The minimum Gasteiger partial charge on any atom is -0.348 e. The second kappa shape index (κ2) is 5.12. The number of hydrogen-bond acceptors (Lipinski definition) is 2. The highest BCUT2D eigenvalue weighted by Crippen LogP contribution is 2.15. The van der Waals surface area contributed by atoms with E-state index in [9.17, 15) is 9.18 Å². The Kier molecular flexibility index (Phi) is 3.55. The molecular formula is C14H15FN2O. The Morgan fingerprint density at radius 3 is 2.89 bits per heavy atom. The van der Waals surface area contributed by atoms with Crippen molar-refractivity contribution in [2.45, 2.75) is 26.3 Å². The lowest BCUT2D eigenvalue weighted by molar-refractivity contribution is 0.0934. The van der Waals surface area contributed by atoms with E-state index in [1.54, 1.807) is 24.3 Å². The lowest BCUT2D eigenvalue weighted by Gasteiger charge is -2.11. The van der Waals surface area contributed by atoms with E-state index in [2.05, 4.69) is 10.3 Å². The molecule has 0 aliphatic carbocycles. The predicted molar refractivity (Wildman–Crippen MR) is 68.9 cm³/mol. The van der Waals surface area contributed by atoms with Gasteiger partial charge in [-0.1, -0.05) is 25.1 Å². The first-order valence-electron chi connectivity index (χ1n) is 5.98. The largest absolute Gasteiger partial charge is 0.348 e. The minimum atomic E-state index is -0.411. The molecule has 1 aromatic heterocycles. The molecule has 0 aliphatic heterocycles. The van der Waals surface area contributed by atoms with Crippen molar-refractivity contribution in [1.29, 1.82) is 0 Å². The van der Waals surface area contributed by atoms with Gasteiger partial charge in [-0.05, 0) is 25.5 Å². The molecule has 0 saturated carbocycles. The van der Waals surface area contributed by atoms with E-state index in [1.165, 1.54) is 6.07 Å². The van der Waals surface area contributed by atoms with Gasteiger partial charge in [0.05, 0.1) is 0 Å². The van der Waals surface area contributed by atoms with E-state index in [1.807, 2.05) is 13.8 Å². The number of rotatable bonds is 3. The zero-order valence-corrected chi connectivity index (χ0v) is 10.4. The van der Waals surface area contributed by atoms with Gasteiger partial charge in [-0.15, -0.1) is 0 Å². The van der Waals surface area contributed by atoms with Crippen LogP contribution in [-0.4, -0.2) is 16.9 Å². The number of para-hydroxylation sites is 1. The molecule has 1 N–H and O–H groups in total. The van der Waals surface area contributed by atoms with Gasteiger partial charge in [0.2, 0.25) is 0 Å². The minimum absolute atomic E-state index is 0.0793. The summed E-state index contributed by atoms with van der Waals surface area (Å²) < 4.78 is 13.6. The van der Waals surface area contributed by atoms with Crippen LogP contribution in [0.5, 0.6) is 0 Å². The molecule has 2 rings (SSSR count). The average molecular weight is 246 g/mol. The number of hydrogen-bond donors (Lipinski definition) is 1. The van der Waals surface area contributed by atoms with Crippen LogP contribution in [0.25, 0.3) is 10.9 Å². The van der Waals surface area contributed by atoms with Gasteiger partial charge in [-0.2, -0.15) is 0 Å². The molecule has 0 saturated heterocycles. The van der Waals surface area contributed by atoms with Crippen LogP contribution in [-0.2, 0) is 0 Å². The number of aromatic nitrogens is 1. The summed E-state index contributed by atoms with van der Waals surface area (Å²) in [7, 11) is 0. The lowest BCUT2D eigenvalue weighted by atomic mass is 10.2. The van der Waals surface area contributed by atoms with Crippen molar-refractivity contribution in [2.75, 3.05) is 0 Å². The topological polar surface area (TPSA) is 42.0 Å². The van der Waals surface area contributed by atoms with E-state index < -0.39 is 5.82 Å². The number of benzene rings is 1. The van der Waals surface area contributed by atoms with Crippen molar-refractivity contribution in [3.8, 4) is 0 Å². The van der Waals surface area contributed by atoms with Crippen molar-refractivity contribution in [1.82, 2.24) is 10.3 Å². The smallest absolute Gasteiger partial charge is 0.270 e. The Morgan fingerprint density at radius 1 is 1.39 bits per heavy atom. The first kappa shape index (κ1) is 12.5. The van der Waals surface area contributed by atoms with E-state index >= 15 is 0 Å². The molecule has 0 radical (unpaired) electrons. The molecule has 1 aromatic carbocycles. The summed E-state index contributed by atoms with van der Waals surface area (Å²) in [6.45, 7) is 3.90. The van der Waals surface area contributed by atoms with E-state index in [0.29, 0.717) is 5.39 Å². The number of carbonyl (C=O) groups is 1. The molecule has 0 aliphatic rings. The SMILES string of the molecule is CCC(C)NC(=O)c1ccc2cccc(F)c2n1. The Hall–Kier alpha value is -1.97. The van der Waals surface area contributed by atoms with Crippen LogP contribution in [0.4, 0.5) is 4.39 Å². The number of nitrogens with zero attached hydrogens (tertiary/aromatic N) is 1. The number of amides is 1. The maximum atomic E-state index is 13.6. The van der Waals surface area contributed by atoms with Gasteiger partial charge in [0.25, 0.3) is 5.91 Å². The third-order valence-electron chi connectivity index (χ3n) is 2.89. The summed E-state index contributed by atoms with van der Waals surface area (Å²) in [6.07, 6.45) is 0.841. The molecule has 1 amide bonds. The van der Waals surface area contributed by atoms with Crippen molar-refractivity contribution in [2.24, 2.45) is 0 Å². The van der Waals surface area contributed by atoms with Crippen LogP contribution in [0.2, 0.25) is 0 Å². The molecule has 4 heteroatoms. The van der Waals surface area contributed by atoms with Gasteiger partial charge < -0.3 is 5.32 Å². The predicted octanol–water partition coefficient (Wildman–Crippen LogP) is 2.90. The molecular weight excluding hydrogens is 231 g/mol. The maximum absolute atomic E-state index is 13.6. The normalized spacial score (nSPS) is 12.4. The van der Waals surface area contributed by atoms with E-state index in [0.717, 1.165) is 6.42 Å². The van der Waals surface area contributed by atoms with Crippen LogP contribution in [0.15, 0.2) is 30.3 Å². The number of fused-ring (bicyclic) bond motifs is 1. The van der Waals surface area contributed by atoms with Crippen LogP contribution < -0.4 is 5.32 Å².